The van der Waals surface area contributed by atoms with Crippen molar-refractivity contribution in [2.45, 2.75) is 6.54 Å². The Labute approximate surface area is 129 Å². The topological polar surface area (TPSA) is 66.9 Å². The van der Waals surface area contributed by atoms with Crippen molar-refractivity contribution in [1.82, 2.24) is 14.9 Å². The quantitative estimate of drug-likeness (QED) is 0.773. The summed E-state index contributed by atoms with van der Waals surface area (Å²) in [5.41, 5.74) is 0.925. The van der Waals surface area contributed by atoms with Gasteiger partial charge in [-0.1, -0.05) is 0 Å². The minimum atomic E-state index is -0.435. The first-order chi connectivity index (χ1) is 11.0. The lowest BCUT2D eigenvalue weighted by Crippen LogP contribution is -2.30. The van der Waals surface area contributed by atoms with E-state index >= 15 is 0 Å². The molecule has 2 aromatic carbocycles. The number of nitrogens with zero attached hydrogens (tertiary/aromatic N) is 1. The number of H-pyrrole nitrogens is 1. The van der Waals surface area contributed by atoms with Gasteiger partial charge < -0.3 is 10.3 Å². The first-order valence-electron chi connectivity index (χ1n) is 6.96. The van der Waals surface area contributed by atoms with Crippen LogP contribution in [0.25, 0.3) is 11.0 Å². The molecule has 1 amide bonds. The van der Waals surface area contributed by atoms with Crippen LogP contribution in [-0.4, -0.2) is 22.0 Å². The second kappa shape index (κ2) is 6.04. The summed E-state index contributed by atoms with van der Waals surface area (Å²) in [6.07, 6.45) is 0. The molecule has 0 radical (unpaired) electrons. The van der Waals surface area contributed by atoms with Gasteiger partial charge in [0.1, 0.15) is 11.6 Å². The lowest BCUT2D eigenvalue weighted by atomic mass is 10.2. The average molecular weight is 317 g/mol. The summed E-state index contributed by atoms with van der Waals surface area (Å²) in [5, 5.41) is 2.65. The van der Waals surface area contributed by atoms with E-state index in [1.54, 1.807) is 0 Å². The number of halogens is 2. The molecule has 0 fully saturated rings. The molecule has 118 valence electrons. The van der Waals surface area contributed by atoms with Crippen LogP contribution in [0.15, 0.2) is 47.3 Å². The van der Waals surface area contributed by atoms with Crippen molar-refractivity contribution >= 4 is 16.9 Å². The number of aromatic amines is 1. The lowest BCUT2D eigenvalue weighted by Gasteiger charge is -2.06. The maximum absolute atomic E-state index is 13.1. The predicted molar refractivity (Wildman–Crippen MR) is 81.2 cm³/mol. The largest absolute Gasteiger partial charge is 0.350 e. The summed E-state index contributed by atoms with van der Waals surface area (Å²) in [4.78, 5) is 26.3. The first-order valence-corrected chi connectivity index (χ1v) is 6.96. The molecule has 3 rings (SSSR count). The number of amides is 1. The number of hydrogen-bond donors (Lipinski definition) is 2. The van der Waals surface area contributed by atoms with E-state index in [4.69, 9.17) is 0 Å². The number of carbonyl (C=O) groups is 1. The number of rotatable bonds is 4. The fourth-order valence-corrected chi connectivity index (χ4v) is 2.34. The highest BCUT2D eigenvalue weighted by Gasteiger charge is 2.09. The van der Waals surface area contributed by atoms with Crippen molar-refractivity contribution in [3.63, 3.8) is 0 Å². The maximum atomic E-state index is 13.1. The Kier molecular flexibility index (Phi) is 3.92. The van der Waals surface area contributed by atoms with Gasteiger partial charge >= 0.3 is 5.69 Å². The zero-order chi connectivity index (χ0) is 16.4. The summed E-state index contributed by atoms with van der Waals surface area (Å²) in [7, 11) is 0. The second-order valence-corrected chi connectivity index (χ2v) is 5.01. The first kappa shape index (κ1) is 15.0. The molecule has 2 N–H and O–H groups in total. The Balaban J connectivity index is 1.69. The van der Waals surface area contributed by atoms with Gasteiger partial charge in [0, 0.05) is 18.7 Å². The molecular formula is C16H13F2N3O2. The zero-order valence-corrected chi connectivity index (χ0v) is 12.0. The number of nitrogens with one attached hydrogen (secondary N) is 2. The molecule has 1 heterocycles. The van der Waals surface area contributed by atoms with Crippen molar-refractivity contribution in [3.05, 3.63) is 70.1 Å². The van der Waals surface area contributed by atoms with E-state index < -0.39 is 11.6 Å². The average Bonchev–Trinajstić information content (AvgIpc) is 2.83. The number of carbonyl (C=O) groups excluding carboxylic acids is 1. The van der Waals surface area contributed by atoms with Crippen molar-refractivity contribution < 1.29 is 13.6 Å². The van der Waals surface area contributed by atoms with Gasteiger partial charge in [-0.3, -0.25) is 9.36 Å². The summed E-state index contributed by atoms with van der Waals surface area (Å²) >= 11 is 0. The van der Waals surface area contributed by atoms with Gasteiger partial charge in [-0.05, 0) is 42.5 Å². The monoisotopic (exact) mass is 317 g/mol. The number of benzene rings is 2. The fraction of sp³-hybridized carbons (Fsp3) is 0.125. The van der Waals surface area contributed by atoms with Gasteiger partial charge in [0.2, 0.25) is 0 Å². The number of fused-ring (bicyclic) bond motifs is 1. The Morgan fingerprint density at radius 3 is 2.52 bits per heavy atom. The fourth-order valence-electron chi connectivity index (χ4n) is 2.34. The predicted octanol–water partition coefficient (Wildman–Crippen LogP) is 2.04. The highest BCUT2D eigenvalue weighted by molar-refractivity contribution is 5.94. The van der Waals surface area contributed by atoms with Gasteiger partial charge in [-0.2, -0.15) is 0 Å². The number of aromatic nitrogens is 2. The molecule has 7 heteroatoms. The Bertz CT molecular complexity index is 913. The van der Waals surface area contributed by atoms with Gasteiger partial charge in [-0.15, -0.1) is 0 Å². The Hall–Kier alpha value is -2.96. The second-order valence-electron chi connectivity index (χ2n) is 5.01. The molecule has 0 aliphatic rings. The van der Waals surface area contributed by atoms with E-state index in [1.165, 1.54) is 47.0 Å². The van der Waals surface area contributed by atoms with Crippen LogP contribution in [0.1, 0.15) is 10.4 Å². The molecule has 0 aliphatic heterocycles. The third-order valence-corrected chi connectivity index (χ3v) is 3.46. The molecule has 0 aliphatic carbocycles. The lowest BCUT2D eigenvalue weighted by molar-refractivity contribution is 0.0952. The van der Waals surface area contributed by atoms with E-state index in [2.05, 4.69) is 10.3 Å². The summed E-state index contributed by atoms with van der Waals surface area (Å²) < 4.78 is 27.4. The van der Waals surface area contributed by atoms with Gasteiger partial charge in [-0.25, -0.2) is 13.6 Å². The highest BCUT2D eigenvalue weighted by atomic mass is 19.1. The maximum Gasteiger partial charge on any atom is 0.326 e. The SMILES string of the molecule is O=C(NCCn1c(=O)[nH]c2cc(F)ccc21)c1ccc(F)cc1. The minimum absolute atomic E-state index is 0.209. The molecule has 3 aromatic rings. The van der Waals surface area contributed by atoms with Crippen LogP contribution >= 0.6 is 0 Å². The molecule has 0 bridgehead atoms. The van der Waals surface area contributed by atoms with E-state index in [0.29, 0.717) is 16.6 Å². The van der Waals surface area contributed by atoms with Gasteiger partial charge in [0.15, 0.2) is 0 Å². The van der Waals surface area contributed by atoms with Crippen LogP contribution in [0.2, 0.25) is 0 Å². The van der Waals surface area contributed by atoms with Crippen molar-refractivity contribution in [2.75, 3.05) is 6.54 Å². The highest BCUT2D eigenvalue weighted by Crippen LogP contribution is 2.11. The molecule has 23 heavy (non-hydrogen) atoms. The third kappa shape index (κ3) is 3.13. The van der Waals surface area contributed by atoms with E-state index in [-0.39, 0.29) is 24.7 Å². The molecule has 0 atom stereocenters. The van der Waals surface area contributed by atoms with Crippen molar-refractivity contribution in [1.29, 1.82) is 0 Å². The van der Waals surface area contributed by atoms with Crippen LogP contribution in [0, 0.1) is 11.6 Å². The Morgan fingerprint density at radius 2 is 1.78 bits per heavy atom. The van der Waals surface area contributed by atoms with Crippen LogP contribution in [0.3, 0.4) is 0 Å². The summed E-state index contributed by atoms with van der Waals surface area (Å²) in [6, 6.07) is 9.18. The molecule has 0 spiro atoms. The van der Waals surface area contributed by atoms with Crippen LogP contribution < -0.4 is 11.0 Å². The van der Waals surface area contributed by atoms with Gasteiger partial charge in [0.05, 0.1) is 11.0 Å². The molecule has 5 nitrogen and oxygen atoms in total. The Morgan fingerprint density at radius 1 is 1.09 bits per heavy atom. The molecule has 0 saturated heterocycles. The molecule has 1 aromatic heterocycles. The normalized spacial score (nSPS) is 10.9. The number of imidazole rings is 1. The molecule has 0 saturated carbocycles. The summed E-state index contributed by atoms with van der Waals surface area (Å²) in [5.74, 6) is -1.21. The van der Waals surface area contributed by atoms with Crippen molar-refractivity contribution in [2.24, 2.45) is 0 Å². The van der Waals surface area contributed by atoms with Crippen LogP contribution in [-0.2, 0) is 6.54 Å². The van der Waals surface area contributed by atoms with Crippen LogP contribution in [0.5, 0.6) is 0 Å². The summed E-state index contributed by atoms with van der Waals surface area (Å²) in [6.45, 7) is 0.442. The standard InChI is InChI=1S/C16H13F2N3O2/c17-11-3-1-10(2-4-11)15(22)19-7-8-21-14-6-5-12(18)9-13(14)20-16(21)23/h1-6,9H,7-8H2,(H,19,22)(H,20,23). The van der Waals surface area contributed by atoms with E-state index in [0.717, 1.165) is 0 Å². The zero-order valence-electron chi connectivity index (χ0n) is 12.0. The van der Waals surface area contributed by atoms with E-state index in [9.17, 15) is 18.4 Å². The van der Waals surface area contributed by atoms with Crippen LogP contribution in [0.4, 0.5) is 8.78 Å². The minimum Gasteiger partial charge on any atom is -0.350 e. The molecule has 0 unspecified atom stereocenters. The van der Waals surface area contributed by atoms with Gasteiger partial charge in [0.25, 0.3) is 5.91 Å². The van der Waals surface area contributed by atoms with E-state index in [1.807, 2.05) is 0 Å². The smallest absolute Gasteiger partial charge is 0.326 e. The third-order valence-electron chi connectivity index (χ3n) is 3.46. The number of hydrogen-bond acceptors (Lipinski definition) is 2. The molecular weight excluding hydrogens is 304 g/mol. The van der Waals surface area contributed by atoms with Crippen molar-refractivity contribution in [3.8, 4) is 0 Å².